The van der Waals surface area contributed by atoms with E-state index in [1.807, 2.05) is 0 Å². The topological polar surface area (TPSA) is 39.4 Å². The summed E-state index contributed by atoms with van der Waals surface area (Å²) in [6.07, 6.45) is -4.08. The lowest BCUT2D eigenvalue weighted by molar-refractivity contribution is -0.138. The van der Waals surface area contributed by atoms with Crippen LogP contribution in [0.2, 0.25) is 0 Å². The average molecular weight is 256 g/mol. The van der Waals surface area contributed by atoms with Gasteiger partial charge in [-0.2, -0.15) is 13.2 Å². The first-order valence-corrected chi connectivity index (χ1v) is 4.90. The number of rotatable bonds is 3. The number of aldehydes is 1. The second-order valence-corrected chi connectivity index (χ2v) is 3.37. The predicted molar refractivity (Wildman–Crippen MR) is 55.6 cm³/mol. The summed E-state index contributed by atoms with van der Waals surface area (Å²) in [6.45, 7) is 0. The maximum absolute atomic E-state index is 12.7. The molecule has 2 rings (SSSR count). The molecule has 0 aliphatic heterocycles. The van der Waals surface area contributed by atoms with Gasteiger partial charge in [-0.15, -0.1) is 0 Å². The molecule has 0 atom stereocenters. The Morgan fingerprint density at radius 2 is 1.83 bits per heavy atom. The Balaban J connectivity index is 2.31. The smallest absolute Gasteiger partial charge is 0.419 e. The lowest BCUT2D eigenvalue weighted by atomic mass is 10.2. The Bertz CT molecular complexity index is 558. The summed E-state index contributed by atoms with van der Waals surface area (Å²) in [5.74, 6) is -0.569. The monoisotopic (exact) mass is 256 g/mol. The summed E-state index contributed by atoms with van der Waals surface area (Å²) >= 11 is 0. The normalized spacial score (nSPS) is 11.3. The Hall–Kier alpha value is -2.24. The fourth-order valence-electron chi connectivity index (χ4n) is 1.35. The minimum absolute atomic E-state index is 0.0190. The van der Waals surface area contributed by atoms with E-state index in [0.717, 1.165) is 6.07 Å². The molecule has 18 heavy (non-hydrogen) atoms. The van der Waals surface area contributed by atoms with Crippen LogP contribution >= 0.6 is 0 Å². The summed E-state index contributed by atoms with van der Waals surface area (Å²) in [7, 11) is 0. The van der Waals surface area contributed by atoms with E-state index >= 15 is 0 Å². The summed E-state index contributed by atoms with van der Waals surface area (Å²) in [5, 5.41) is 0. The van der Waals surface area contributed by atoms with E-state index < -0.39 is 11.7 Å². The molecule has 2 aromatic rings. The van der Waals surface area contributed by atoms with E-state index in [9.17, 15) is 18.0 Å². The number of benzene rings is 1. The Morgan fingerprint density at radius 1 is 1.11 bits per heavy atom. The molecule has 0 aliphatic rings. The fraction of sp³-hybridized carbons (Fsp3) is 0.0833. The van der Waals surface area contributed by atoms with Gasteiger partial charge in [0.25, 0.3) is 5.95 Å². The maximum atomic E-state index is 12.7. The lowest BCUT2D eigenvalue weighted by Crippen LogP contribution is -2.06. The molecule has 0 saturated carbocycles. The van der Waals surface area contributed by atoms with Crippen LogP contribution in [0.5, 0.6) is 11.7 Å². The summed E-state index contributed by atoms with van der Waals surface area (Å²) in [6, 6.07) is 7.32. The zero-order valence-electron chi connectivity index (χ0n) is 8.90. The number of alkyl halides is 3. The van der Waals surface area contributed by atoms with Crippen LogP contribution in [0, 0.1) is 0 Å². The van der Waals surface area contributed by atoms with Crippen molar-refractivity contribution in [3.8, 4) is 11.7 Å². The summed E-state index contributed by atoms with van der Waals surface area (Å²) in [5.41, 5.74) is -0.908. The third-order valence-corrected chi connectivity index (χ3v) is 2.12. The number of hydrogen-bond acceptors (Lipinski definition) is 3. The lowest BCUT2D eigenvalue weighted by Gasteiger charge is -2.11. The molecule has 0 N–H and O–H groups in total. The van der Waals surface area contributed by atoms with Gasteiger partial charge in [0.15, 0.2) is 12.0 Å². The highest BCUT2D eigenvalue weighted by molar-refractivity contribution is 5.70. The van der Waals surface area contributed by atoms with E-state index in [4.69, 9.17) is 9.15 Å². The van der Waals surface area contributed by atoms with Gasteiger partial charge < -0.3 is 9.15 Å². The van der Waals surface area contributed by atoms with E-state index in [1.165, 1.54) is 30.3 Å². The van der Waals surface area contributed by atoms with Gasteiger partial charge in [-0.3, -0.25) is 4.79 Å². The van der Waals surface area contributed by atoms with Crippen LogP contribution in [0.3, 0.4) is 0 Å². The number of hydrogen-bond donors (Lipinski definition) is 0. The second kappa shape index (κ2) is 4.56. The summed E-state index contributed by atoms with van der Waals surface area (Å²) < 4.78 is 47.8. The molecule has 0 fully saturated rings. The van der Waals surface area contributed by atoms with Crippen molar-refractivity contribution >= 4 is 6.29 Å². The fourth-order valence-corrected chi connectivity index (χ4v) is 1.35. The van der Waals surface area contributed by atoms with Gasteiger partial charge in [0.1, 0.15) is 5.75 Å². The number of furan rings is 1. The quantitative estimate of drug-likeness (QED) is 0.782. The van der Waals surface area contributed by atoms with Crippen molar-refractivity contribution < 1.29 is 27.1 Å². The first kappa shape index (κ1) is 12.2. The maximum Gasteiger partial charge on any atom is 0.419 e. The molecule has 0 saturated heterocycles. The minimum atomic E-state index is -4.52. The summed E-state index contributed by atoms with van der Waals surface area (Å²) in [4.78, 5) is 10.4. The number of ether oxygens (including phenoxy) is 1. The Labute approximate surface area is 99.8 Å². The molecule has 1 heterocycles. The van der Waals surface area contributed by atoms with Gasteiger partial charge in [-0.1, -0.05) is 12.1 Å². The molecule has 1 aromatic heterocycles. The Kier molecular flexibility index (Phi) is 3.10. The molecular formula is C12H7F3O3. The minimum Gasteiger partial charge on any atom is -0.425 e. The number of halogens is 3. The van der Waals surface area contributed by atoms with Crippen LogP contribution in [-0.2, 0) is 6.18 Å². The van der Waals surface area contributed by atoms with Crippen molar-refractivity contribution in [2.45, 2.75) is 6.18 Å². The van der Waals surface area contributed by atoms with E-state index in [-0.39, 0.29) is 17.5 Å². The molecule has 0 unspecified atom stereocenters. The van der Waals surface area contributed by atoms with Crippen LogP contribution in [0.15, 0.2) is 40.8 Å². The molecule has 0 spiro atoms. The van der Waals surface area contributed by atoms with Crippen molar-refractivity contribution in [3.63, 3.8) is 0 Å². The number of para-hydroxylation sites is 1. The van der Waals surface area contributed by atoms with Gasteiger partial charge >= 0.3 is 6.18 Å². The van der Waals surface area contributed by atoms with E-state index in [1.54, 1.807) is 0 Å². The van der Waals surface area contributed by atoms with Crippen LogP contribution in [-0.4, -0.2) is 6.29 Å². The van der Waals surface area contributed by atoms with Gasteiger partial charge in [0.2, 0.25) is 0 Å². The SMILES string of the molecule is O=Cc1ccc(Oc2ccccc2C(F)(F)F)o1. The number of carbonyl (C=O) groups excluding carboxylic acids is 1. The van der Waals surface area contributed by atoms with Crippen molar-refractivity contribution in [2.24, 2.45) is 0 Å². The second-order valence-electron chi connectivity index (χ2n) is 3.37. The van der Waals surface area contributed by atoms with Crippen molar-refractivity contribution in [1.29, 1.82) is 0 Å². The molecule has 0 amide bonds. The highest BCUT2D eigenvalue weighted by atomic mass is 19.4. The molecular weight excluding hydrogens is 249 g/mol. The molecule has 0 radical (unpaired) electrons. The van der Waals surface area contributed by atoms with Crippen LogP contribution in [0.25, 0.3) is 0 Å². The van der Waals surface area contributed by atoms with Gasteiger partial charge in [0, 0.05) is 6.07 Å². The molecule has 0 aliphatic carbocycles. The van der Waals surface area contributed by atoms with Crippen LogP contribution in [0.1, 0.15) is 16.1 Å². The molecule has 0 bridgehead atoms. The first-order chi connectivity index (χ1) is 8.50. The zero-order chi connectivity index (χ0) is 13.2. The average Bonchev–Trinajstić information content (AvgIpc) is 2.76. The van der Waals surface area contributed by atoms with Crippen molar-refractivity contribution in [1.82, 2.24) is 0 Å². The number of carbonyl (C=O) groups is 1. The standard InChI is InChI=1S/C12H7F3O3/c13-12(14,15)9-3-1-2-4-10(9)18-11-6-5-8(7-16)17-11/h1-7H. The molecule has 1 aromatic carbocycles. The molecule has 6 heteroatoms. The van der Waals surface area contributed by atoms with Crippen molar-refractivity contribution in [2.75, 3.05) is 0 Å². The molecule has 94 valence electrons. The third-order valence-electron chi connectivity index (χ3n) is 2.12. The Morgan fingerprint density at radius 3 is 2.44 bits per heavy atom. The van der Waals surface area contributed by atoms with Crippen LogP contribution in [0.4, 0.5) is 13.2 Å². The largest absolute Gasteiger partial charge is 0.425 e. The predicted octanol–water partition coefficient (Wildman–Crippen LogP) is 3.90. The highest BCUT2D eigenvalue weighted by Gasteiger charge is 2.34. The van der Waals surface area contributed by atoms with Gasteiger partial charge in [-0.25, -0.2) is 0 Å². The van der Waals surface area contributed by atoms with E-state index in [0.29, 0.717) is 6.29 Å². The van der Waals surface area contributed by atoms with E-state index in [2.05, 4.69) is 0 Å². The zero-order valence-corrected chi connectivity index (χ0v) is 8.90. The van der Waals surface area contributed by atoms with Gasteiger partial charge in [-0.05, 0) is 18.2 Å². The van der Waals surface area contributed by atoms with Crippen LogP contribution < -0.4 is 4.74 Å². The highest BCUT2D eigenvalue weighted by Crippen LogP contribution is 2.38. The molecule has 3 nitrogen and oxygen atoms in total. The van der Waals surface area contributed by atoms with Gasteiger partial charge in [0.05, 0.1) is 5.56 Å². The third kappa shape index (κ3) is 2.53. The first-order valence-electron chi connectivity index (χ1n) is 4.90. The van der Waals surface area contributed by atoms with Crippen molar-refractivity contribution in [3.05, 3.63) is 47.7 Å².